The SMILES string of the molecule is O=C(Cc1ccc(Br)s1)c1ccc(F)cc1F. The molecular weight excluding hydrogens is 310 g/mol. The van der Waals surface area contributed by atoms with Crippen LogP contribution in [0, 0.1) is 11.6 Å². The van der Waals surface area contributed by atoms with Gasteiger partial charge in [-0.2, -0.15) is 0 Å². The highest BCUT2D eigenvalue weighted by Crippen LogP contribution is 2.23. The van der Waals surface area contributed by atoms with Gasteiger partial charge in [0.1, 0.15) is 11.6 Å². The highest BCUT2D eigenvalue weighted by Gasteiger charge is 2.13. The minimum atomic E-state index is -0.814. The minimum Gasteiger partial charge on any atom is -0.294 e. The molecule has 0 amide bonds. The number of rotatable bonds is 3. The molecule has 2 aromatic rings. The summed E-state index contributed by atoms with van der Waals surface area (Å²) in [5.74, 6) is -1.85. The molecule has 0 bridgehead atoms. The summed E-state index contributed by atoms with van der Waals surface area (Å²) in [6, 6.07) is 6.61. The Balaban J connectivity index is 2.20. The zero-order chi connectivity index (χ0) is 12.4. The van der Waals surface area contributed by atoms with Gasteiger partial charge in [0.2, 0.25) is 0 Å². The van der Waals surface area contributed by atoms with Crippen LogP contribution in [0.25, 0.3) is 0 Å². The van der Waals surface area contributed by atoms with Crippen molar-refractivity contribution in [2.75, 3.05) is 0 Å². The summed E-state index contributed by atoms with van der Waals surface area (Å²) in [6.45, 7) is 0. The molecule has 0 spiro atoms. The summed E-state index contributed by atoms with van der Waals surface area (Å²) >= 11 is 4.70. The number of ketones is 1. The van der Waals surface area contributed by atoms with E-state index in [1.54, 1.807) is 6.07 Å². The van der Waals surface area contributed by atoms with Crippen molar-refractivity contribution in [2.45, 2.75) is 6.42 Å². The molecule has 0 N–H and O–H groups in total. The number of hydrogen-bond acceptors (Lipinski definition) is 2. The maximum absolute atomic E-state index is 13.3. The van der Waals surface area contributed by atoms with E-state index in [2.05, 4.69) is 15.9 Å². The number of halogens is 3. The average Bonchev–Trinajstić information content (AvgIpc) is 2.63. The van der Waals surface area contributed by atoms with Crippen molar-refractivity contribution in [3.05, 3.63) is 56.2 Å². The Hall–Kier alpha value is -1.07. The van der Waals surface area contributed by atoms with Crippen LogP contribution < -0.4 is 0 Å². The van der Waals surface area contributed by atoms with E-state index >= 15 is 0 Å². The molecule has 88 valence electrons. The van der Waals surface area contributed by atoms with Crippen molar-refractivity contribution in [3.63, 3.8) is 0 Å². The molecule has 0 aliphatic carbocycles. The third-order valence-electron chi connectivity index (χ3n) is 2.20. The van der Waals surface area contributed by atoms with Crippen LogP contribution >= 0.6 is 27.3 Å². The molecule has 5 heteroatoms. The Kier molecular flexibility index (Phi) is 3.69. The predicted molar refractivity (Wildman–Crippen MR) is 66.4 cm³/mol. The van der Waals surface area contributed by atoms with Crippen LogP contribution in [0.2, 0.25) is 0 Å². The first kappa shape index (κ1) is 12.4. The lowest BCUT2D eigenvalue weighted by Gasteiger charge is -2.01. The van der Waals surface area contributed by atoms with E-state index in [-0.39, 0.29) is 17.8 Å². The number of carbonyl (C=O) groups excluding carboxylic acids is 1. The van der Waals surface area contributed by atoms with Crippen LogP contribution in [-0.2, 0) is 6.42 Å². The van der Waals surface area contributed by atoms with Crippen molar-refractivity contribution >= 4 is 33.0 Å². The van der Waals surface area contributed by atoms with Gasteiger partial charge >= 0.3 is 0 Å². The van der Waals surface area contributed by atoms with Crippen molar-refractivity contribution < 1.29 is 13.6 Å². The average molecular weight is 317 g/mol. The summed E-state index contributed by atoms with van der Waals surface area (Å²) in [7, 11) is 0. The van der Waals surface area contributed by atoms with E-state index in [9.17, 15) is 13.6 Å². The van der Waals surface area contributed by atoms with Crippen molar-refractivity contribution in [1.29, 1.82) is 0 Å². The number of carbonyl (C=O) groups is 1. The van der Waals surface area contributed by atoms with Crippen LogP contribution in [0.1, 0.15) is 15.2 Å². The largest absolute Gasteiger partial charge is 0.294 e. The molecule has 1 aromatic heterocycles. The van der Waals surface area contributed by atoms with E-state index < -0.39 is 11.6 Å². The normalized spacial score (nSPS) is 10.5. The predicted octanol–water partition coefficient (Wildman–Crippen LogP) is 4.21. The summed E-state index contributed by atoms with van der Waals surface area (Å²) in [5.41, 5.74) is -0.0732. The quantitative estimate of drug-likeness (QED) is 0.775. The van der Waals surface area contributed by atoms with Gasteiger partial charge in [-0.1, -0.05) is 0 Å². The summed E-state index contributed by atoms with van der Waals surface area (Å²) in [4.78, 5) is 12.6. The van der Waals surface area contributed by atoms with Gasteiger partial charge < -0.3 is 0 Å². The van der Waals surface area contributed by atoms with Gasteiger partial charge in [-0.05, 0) is 40.2 Å². The highest BCUT2D eigenvalue weighted by molar-refractivity contribution is 9.11. The summed E-state index contributed by atoms with van der Waals surface area (Å²) < 4.78 is 26.9. The van der Waals surface area contributed by atoms with Gasteiger partial charge in [0.05, 0.1) is 9.35 Å². The maximum atomic E-state index is 13.3. The van der Waals surface area contributed by atoms with E-state index in [1.165, 1.54) is 17.4 Å². The smallest absolute Gasteiger partial charge is 0.171 e. The lowest BCUT2D eigenvalue weighted by Crippen LogP contribution is -2.05. The van der Waals surface area contributed by atoms with Crippen molar-refractivity contribution in [3.8, 4) is 0 Å². The highest BCUT2D eigenvalue weighted by atomic mass is 79.9. The van der Waals surface area contributed by atoms with Gasteiger partial charge in [-0.3, -0.25) is 4.79 Å². The second-order valence-electron chi connectivity index (χ2n) is 3.43. The molecule has 0 radical (unpaired) electrons. The van der Waals surface area contributed by atoms with Crippen molar-refractivity contribution in [1.82, 2.24) is 0 Å². The monoisotopic (exact) mass is 316 g/mol. The number of thiophene rings is 1. The van der Waals surface area contributed by atoms with Crippen LogP contribution in [-0.4, -0.2) is 5.78 Å². The first-order valence-corrected chi connectivity index (χ1v) is 6.39. The number of benzene rings is 1. The van der Waals surface area contributed by atoms with Gasteiger partial charge in [0.15, 0.2) is 5.78 Å². The fourth-order valence-corrected chi connectivity index (χ4v) is 2.90. The van der Waals surface area contributed by atoms with Crippen LogP contribution in [0.15, 0.2) is 34.1 Å². The standard InChI is InChI=1S/C12H7BrF2OS/c13-12-4-2-8(17-12)6-11(16)9-3-1-7(14)5-10(9)15/h1-5H,6H2. The van der Waals surface area contributed by atoms with Crippen LogP contribution in [0.4, 0.5) is 8.78 Å². The minimum absolute atomic E-state index is 0.0732. The van der Waals surface area contributed by atoms with Crippen molar-refractivity contribution in [2.24, 2.45) is 0 Å². The van der Waals surface area contributed by atoms with E-state index in [0.717, 1.165) is 20.8 Å². The molecule has 2 rings (SSSR count). The fraction of sp³-hybridized carbons (Fsp3) is 0.0833. The lowest BCUT2D eigenvalue weighted by molar-refractivity contribution is 0.0990. The topological polar surface area (TPSA) is 17.1 Å². The Morgan fingerprint density at radius 2 is 2.00 bits per heavy atom. The molecule has 0 aliphatic heterocycles. The third kappa shape index (κ3) is 2.98. The summed E-state index contributed by atoms with van der Waals surface area (Å²) in [6.07, 6.45) is 0.124. The molecule has 0 fully saturated rings. The molecule has 0 saturated heterocycles. The first-order valence-electron chi connectivity index (χ1n) is 4.79. The molecule has 1 heterocycles. The van der Waals surface area contributed by atoms with E-state index in [1.807, 2.05) is 6.07 Å². The Morgan fingerprint density at radius 1 is 1.24 bits per heavy atom. The van der Waals surface area contributed by atoms with Crippen LogP contribution in [0.5, 0.6) is 0 Å². The molecule has 0 saturated carbocycles. The number of hydrogen-bond donors (Lipinski definition) is 0. The van der Waals surface area contributed by atoms with Gasteiger partial charge in [-0.25, -0.2) is 8.78 Å². The summed E-state index contributed by atoms with van der Waals surface area (Å²) in [5, 5.41) is 0. The van der Waals surface area contributed by atoms with E-state index in [4.69, 9.17) is 0 Å². The molecule has 0 atom stereocenters. The van der Waals surface area contributed by atoms with Gasteiger partial charge in [-0.15, -0.1) is 11.3 Å². The molecule has 17 heavy (non-hydrogen) atoms. The van der Waals surface area contributed by atoms with Gasteiger partial charge in [0.25, 0.3) is 0 Å². The number of Topliss-reactive ketones (excluding diaryl/α,β-unsaturated/α-hetero) is 1. The first-order chi connectivity index (χ1) is 8.06. The second-order valence-corrected chi connectivity index (χ2v) is 5.98. The molecular formula is C12H7BrF2OS. The molecule has 1 nitrogen and oxygen atoms in total. The maximum Gasteiger partial charge on any atom is 0.171 e. The van der Waals surface area contributed by atoms with E-state index in [0.29, 0.717) is 0 Å². The zero-order valence-electron chi connectivity index (χ0n) is 8.54. The Labute approximate surface area is 109 Å². The van der Waals surface area contributed by atoms with Crippen LogP contribution in [0.3, 0.4) is 0 Å². The Morgan fingerprint density at radius 3 is 2.59 bits per heavy atom. The fourth-order valence-electron chi connectivity index (χ4n) is 1.42. The molecule has 0 unspecified atom stereocenters. The lowest BCUT2D eigenvalue weighted by atomic mass is 10.1. The third-order valence-corrected chi connectivity index (χ3v) is 3.82. The molecule has 0 aliphatic rings. The second kappa shape index (κ2) is 5.06. The Bertz CT molecular complexity index is 565. The molecule has 1 aromatic carbocycles. The van der Waals surface area contributed by atoms with Gasteiger partial charge in [0, 0.05) is 17.4 Å². The zero-order valence-corrected chi connectivity index (χ0v) is 10.9.